The number of pyridine rings is 1. The second kappa shape index (κ2) is 6.07. The Morgan fingerprint density at radius 3 is 2.04 bits per heavy atom. The summed E-state index contributed by atoms with van der Waals surface area (Å²) < 4.78 is 0. The fraction of sp³-hybridized carbons (Fsp3) is 0.667. The minimum atomic E-state index is -0.0652. The van der Waals surface area contributed by atoms with Crippen LogP contribution >= 0.6 is 0 Å². The molecule has 0 N–H and O–H groups in total. The molecule has 5 nitrogen and oxygen atoms in total. The van der Waals surface area contributed by atoms with Gasteiger partial charge >= 0.3 is 0 Å². The van der Waals surface area contributed by atoms with Gasteiger partial charge in [-0.25, -0.2) is 0 Å². The fourth-order valence-corrected chi connectivity index (χ4v) is 6.49. The Morgan fingerprint density at radius 2 is 1.50 bits per heavy atom. The predicted octanol–water partition coefficient (Wildman–Crippen LogP) is 2.58. The monoisotopic (exact) mass is 353 g/mol. The highest BCUT2D eigenvalue weighted by molar-refractivity contribution is 5.94. The van der Waals surface area contributed by atoms with Crippen molar-refractivity contribution in [3.05, 3.63) is 30.1 Å². The summed E-state index contributed by atoms with van der Waals surface area (Å²) in [7, 11) is 0. The molecular weight excluding hydrogens is 326 g/mol. The average molecular weight is 353 g/mol. The van der Waals surface area contributed by atoms with Crippen molar-refractivity contribution in [2.45, 2.75) is 38.5 Å². The second-order valence-electron chi connectivity index (χ2n) is 9.02. The molecule has 1 saturated heterocycles. The molecule has 1 aliphatic heterocycles. The maximum atomic E-state index is 13.4. The minimum absolute atomic E-state index is 0.0278. The molecule has 0 radical (unpaired) electrons. The number of amides is 2. The number of nitrogens with zero attached hydrogens (tertiary/aromatic N) is 3. The van der Waals surface area contributed by atoms with Gasteiger partial charge in [-0.3, -0.25) is 14.6 Å². The van der Waals surface area contributed by atoms with E-state index in [1.165, 1.54) is 19.3 Å². The molecular formula is C21H27N3O2. The third-order valence-electron chi connectivity index (χ3n) is 7.25. The summed E-state index contributed by atoms with van der Waals surface area (Å²) in [6.07, 6.45) is 10.7. The SMILES string of the molecule is O=C(c1cccnc1)N1CCN(C(=O)C23CC4CC(CC(C4)C2)C3)CC1. The highest BCUT2D eigenvalue weighted by Crippen LogP contribution is 2.60. The van der Waals surface area contributed by atoms with Crippen LogP contribution in [0.2, 0.25) is 0 Å². The maximum Gasteiger partial charge on any atom is 0.255 e. The number of hydrogen-bond donors (Lipinski definition) is 0. The summed E-state index contributed by atoms with van der Waals surface area (Å²) >= 11 is 0. The Morgan fingerprint density at radius 1 is 0.923 bits per heavy atom. The molecule has 5 fully saturated rings. The zero-order chi connectivity index (χ0) is 17.7. The quantitative estimate of drug-likeness (QED) is 0.821. The van der Waals surface area contributed by atoms with Crippen LogP contribution in [-0.4, -0.2) is 52.8 Å². The lowest BCUT2D eigenvalue weighted by molar-refractivity contribution is -0.159. The summed E-state index contributed by atoms with van der Waals surface area (Å²) in [5.41, 5.74) is 0.568. The summed E-state index contributed by atoms with van der Waals surface area (Å²) in [5, 5.41) is 0. The van der Waals surface area contributed by atoms with Crippen LogP contribution in [0.3, 0.4) is 0 Å². The van der Waals surface area contributed by atoms with Crippen LogP contribution in [0.4, 0.5) is 0 Å². The zero-order valence-electron chi connectivity index (χ0n) is 15.3. The van der Waals surface area contributed by atoms with Gasteiger partial charge in [0, 0.05) is 38.6 Å². The molecule has 0 aromatic carbocycles. The molecule has 0 spiro atoms. The molecule has 26 heavy (non-hydrogen) atoms. The molecule has 4 aliphatic carbocycles. The summed E-state index contributed by atoms with van der Waals surface area (Å²) in [4.78, 5) is 33.9. The molecule has 1 aromatic heterocycles. The van der Waals surface area contributed by atoms with Crippen LogP contribution in [0.5, 0.6) is 0 Å². The van der Waals surface area contributed by atoms with Crippen molar-refractivity contribution in [1.29, 1.82) is 0 Å². The number of piperazine rings is 1. The Hall–Kier alpha value is -1.91. The van der Waals surface area contributed by atoms with E-state index in [0.29, 0.717) is 37.6 Å². The van der Waals surface area contributed by atoms with Crippen LogP contribution in [-0.2, 0) is 4.79 Å². The van der Waals surface area contributed by atoms with Gasteiger partial charge in [0.15, 0.2) is 0 Å². The molecule has 5 heteroatoms. The third kappa shape index (κ3) is 2.63. The first-order valence-corrected chi connectivity index (χ1v) is 10.1. The van der Waals surface area contributed by atoms with Gasteiger partial charge in [-0.1, -0.05) is 0 Å². The van der Waals surface area contributed by atoms with Gasteiger partial charge in [-0.15, -0.1) is 0 Å². The number of carbonyl (C=O) groups is 2. The van der Waals surface area contributed by atoms with Crippen molar-refractivity contribution in [3.63, 3.8) is 0 Å². The van der Waals surface area contributed by atoms with Crippen molar-refractivity contribution in [3.8, 4) is 0 Å². The Balaban J connectivity index is 1.24. The van der Waals surface area contributed by atoms with Gasteiger partial charge in [-0.05, 0) is 68.4 Å². The van der Waals surface area contributed by atoms with Crippen LogP contribution in [0.1, 0.15) is 48.9 Å². The summed E-state index contributed by atoms with van der Waals surface area (Å²) in [6, 6.07) is 3.60. The number of hydrogen-bond acceptors (Lipinski definition) is 3. The lowest BCUT2D eigenvalue weighted by Gasteiger charge is -2.57. The molecule has 2 amide bonds. The van der Waals surface area contributed by atoms with Crippen molar-refractivity contribution in [2.24, 2.45) is 23.2 Å². The molecule has 5 aliphatic rings. The number of aromatic nitrogens is 1. The standard InChI is InChI=1S/C21H27N3O2/c25-19(18-2-1-3-22-14-18)23-4-6-24(7-5-23)20(26)21-11-15-8-16(12-21)10-17(9-15)13-21/h1-3,14-17H,4-13H2. The fourth-order valence-electron chi connectivity index (χ4n) is 6.49. The molecule has 1 aromatic rings. The van der Waals surface area contributed by atoms with E-state index in [1.807, 2.05) is 11.0 Å². The van der Waals surface area contributed by atoms with E-state index >= 15 is 0 Å². The lowest BCUT2D eigenvalue weighted by atomic mass is 9.49. The van der Waals surface area contributed by atoms with Gasteiger partial charge in [-0.2, -0.15) is 0 Å². The van der Waals surface area contributed by atoms with Gasteiger partial charge in [0.2, 0.25) is 5.91 Å². The highest BCUT2D eigenvalue weighted by atomic mass is 16.2. The zero-order valence-corrected chi connectivity index (χ0v) is 15.3. The first kappa shape index (κ1) is 16.3. The van der Waals surface area contributed by atoms with Gasteiger partial charge in [0.25, 0.3) is 5.91 Å². The Kier molecular flexibility index (Phi) is 3.80. The molecule has 138 valence electrons. The number of rotatable bonds is 2. The molecule has 4 bridgehead atoms. The molecule has 4 saturated carbocycles. The summed E-state index contributed by atoms with van der Waals surface area (Å²) in [6.45, 7) is 2.61. The van der Waals surface area contributed by atoms with Crippen LogP contribution in [0, 0.1) is 23.2 Å². The Bertz CT molecular complexity index is 674. The van der Waals surface area contributed by atoms with Crippen LogP contribution in [0.15, 0.2) is 24.5 Å². The van der Waals surface area contributed by atoms with Crippen molar-refractivity contribution in [2.75, 3.05) is 26.2 Å². The van der Waals surface area contributed by atoms with Crippen LogP contribution < -0.4 is 0 Å². The average Bonchev–Trinajstić information content (AvgIpc) is 2.67. The van der Waals surface area contributed by atoms with Crippen LogP contribution in [0.25, 0.3) is 0 Å². The smallest absolute Gasteiger partial charge is 0.255 e. The van der Waals surface area contributed by atoms with E-state index < -0.39 is 0 Å². The minimum Gasteiger partial charge on any atom is -0.339 e. The van der Waals surface area contributed by atoms with Gasteiger partial charge < -0.3 is 9.80 Å². The third-order valence-corrected chi connectivity index (χ3v) is 7.25. The molecule has 2 heterocycles. The van der Waals surface area contributed by atoms with E-state index in [4.69, 9.17) is 0 Å². The van der Waals surface area contributed by atoms with Gasteiger partial charge in [0.05, 0.1) is 11.0 Å². The topological polar surface area (TPSA) is 53.5 Å². The van der Waals surface area contributed by atoms with Crippen molar-refractivity contribution < 1.29 is 9.59 Å². The molecule has 0 atom stereocenters. The summed E-state index contributed by atoms with van der Waals surface area (Å²) in [5.74, 6) is 2.79. The maximum absolute atomic E-state index is 13.4. The van der Waals surface area contributed by atoms with Crippen molar-refractivity contribution >= 4 is 11.8 Å². The largest absolute Gasteiger partial charge is 0.339 e. The van der Waals surface area contributed by atoms with E-state index in [9.17, 15) is 9.59 Å². The first-order valence-electron chi connectivity index (χ1n) is 10.1. The normalized spacial score (nSPS) is 35.6. The Labute approximate surface area is 154 Å². The van der Waals surface area contributed by atoms with E-state index in [-0.39, 0.29) is 11.3 Å². The molecule has 6 rings (SSSR count). The van der Waals surface area contributed by atoms with E-state index in [1.54, 1.807) is 18.5 Å². The highest BCUT2D eigenvalue weighted by Gasteiger charge is 2.55. The van der Waals surface area contributed by atoms with E-state index in [2.05, 4.69) is 9.88 Å². The molecule has 0 unspecified atom stereocenters. The van der Waals surface area contributed by atoms with Gasteiger partial charge in [0.1, 0.15) is 0 Å². The lowest BCUT2D eigenvalue weighted by Crippen LogP contribution is -2.58. The number of carbonyl (C=O) groups excluding carboxylic acids is 2. The second-order valence-corrected chi connectivity index (χ2v) is 9.02. The first-order chi connectivity index (χ1) is 12.6. The van der Waals surface area contributed by atoms with E-state index in [0.717, 1.165) is 37.0 Å². The van der Waals surface area contributed by atoms with Crippen molar-refractivity contribution in [1.82, 2.24) is 14.8 Å². The predicted molar refractivity (Wildman–Crippen MR) is 97.3 cm³/mol.